The summed E-state index contributed by atoms with van der Waals surface area (Å²) < 4.78 is 9.99. The molecule has 0 spiro atoms. The van der Waals surface area contributed by atoms with Gasteiger partial charge in [-0.3, -0.25) is 14.5 Å². The van der Waals surface area contributed by atoms with Crippen molar-refractivity contribution in [2.24, 2.45) is 5.92 Å². The summed E-state index contributed by atoms with van der Waals surface area (Å²) in [4.78, 5) is 25.6. The van der Waals surface area contributed by atoms with Gasteiger partial charge >= 0.3 is 5.97 Å². The van der Waals surface area contributed by atoms with Crippen LogP contribution in [0.2, 0.25) is 0 Å². The summed E-state index contributed by atoms with van der Waals surface area (Å²) in [6, 6.07) is 1.62. The molecule has 1 amide bonds. The van der Waals surface area contributed by atoms with E-state index >= 15 is 0 Å². The second-order valence-corrected chi connectivity index (χ2v) is 5.72. The van der Waals surface area contributed by atoms with Crippen LogP contribution < -0.4 is 5.32 Å². The number of amides is 1. The van der Waals surface area contributed by atoms with Crippen LogP contribution in [0.5, 0.6) is 0 Å². The highest BCUT2D eigenvalue weighted by Gasteiger charge is 2.43. The lowest BCUT2D eigenvalue weighted by molar-refractivity contribution is -0.154. The molecule has 0 aromatic heterocycles. The van der Waals surface area contributed by atoms with Crippen molar-refractivity contribution in [1.82, 2.24) is 10.2 Å². The minimum atomic E-state index is -0.815. The fourth-order valence-electron chi connectivity index (χ4n) is 2.58. The Kier molecular flexibility index (Phi) is 4.80. The Morgan fingerprint density at radius 1 is 1.52 bits per heavy atom. The largest absolute Gasteiger partial charge is 0.468 e. The summed E-state index contributed by atoms with van der Waals surface area (Å²) in [5, 5.41) is 12.1. The summed E-state index contributed by atoms with van der Waals surface area (Å²) in [6.45, 7) is 2.99. The maximum atomic E-state index is 12.2. The molecule has 2 rings (SSSR count). The number of esters is 1. The molecule has 1 N–H and O–H groups in total. The molecule has 1 aliphatic carbocycles. The number of hydrogen-bond acceptors (Lipinski definition) is 6. The van der Waals surface area contributed by atoms with E-state index in [1.165, 1.54) is 7.11 Å². The van der Waals surface area contributed by atoms with Gasteiger partial charge < -0.3 is 14.8 Å². The van der Waals surface area contributed by atoms with E-state index in [-0.39, 0.29) is 25.0 Å². The van der Waals surface area contributed by atoms with E-state index < -0.39 is 17.6 Å². The van der Waals surface area contributed by atoms with Gasteiger partial charge in [-0.2, -0.15) is 5.26 Å². The topological polar surface area (TPSA) is 91.7 Å². The van der Waals surface area contributed by atoms with Crippen molar-refractivity contribution < 1.29 is 19.1 Å². The third-order valence-electron chi connectivity index (χ3n) is 4.08. The standard InChI is InChI=1S/C14H21N3O4/c1-14(9-15,10-3-4-10)16-12(18)7-17-5-6-21-8-11(17)13(19)20-2/h10-11H,3-8H2,1-2H3,(H,16,18). The Bertz CT molecular complexity index is 458. The second-order valence-electron chi connectivity index (χ2n) is 5.72. The van der Waals surface area contributed by atoms with Crippen LogP contribution in [0, 0.1) is 17.2 Å². The molecule has 2 fully saturated rings. The quantitative estimate of drug-likeness (QED) is 0.698. The summed E-state index contributed by atoms with van der Waals surface area (Å²) in [7, 11) is 1.31. The van der Waals surface area contributed by atoms with Gasteiger partial charge in [-0.15, -0.1) is 0 Å². The number of methoxy groups -OCH3 is 1. The molecule has 21 heavy (non-hydrogen) atoms. The van der Waals surface area contributed by atoms with Crippen LogP contribution in [0.25, 0.3) is 0 Å². The third kappa shape index (κ3) is 3.71. The van der Waals surface area contributed by atoms with E-state index in [0.717, 1.165) is 12.8 Å². The summed E-state index contributed by atoms with van der Waals surface area (Å²) >= 11 is 0. The molecule has 7 heteroatoms. The fraction of sp³-hybridized carbons (Fsp3) is 0.786. The molecule has 1 aliphatic heterocycles. The summed E-state index contributed by atoms with van der Waals surface area (Å²) in [5.74, 6) is -0.429. The Balaban J connectivity index is 1.94. The minimum Gasteiger partial charge on any atom is -0.468 e. The van der Waals surface area contributed by atoms with Crippen LogP contribution in [0.3, 0.4) is 0 Å². The summed E-state index contributed by atoms with van der Waals surface area (Å²) in [5.41, 5.74) is -0.815. The van der Waals surface area contributed by atoms with Crippen molar-refractivity contribution in [1.29, 1.82) is 5.26 Å². The van der Waals surface area contributed by atoms with Crippen molar-refractivity contribution in [2.45, 2.75) is 31.3 Å². The van der Waals surface area contributed by atoms with Gasteiger partial charge in [0, 0.05) is 6.54 Å². The van der Waals surface area contributed by atoms with Crippen molar-refractivity contribution in [2.75, 3.05) is 33.4 Å². The highest BCUT2D eigenvalue weighted by molar-refractivity contribution is 5.81. The van der Waals surface area contributed by atoms with Gasteiger partial charge in [-0.25, -0.2) is 0 Å². The van der Waals surface area contributed by atoms with Gasteiger partial charge in [0.15, 0.2) is 0 Å². The van der Waals surface area contributed by atoms with Gasteiger partial charge in [0.05, 0.1) is 32.9 Å². The van der Waals surface area contributed by atoms with Crippen LogP contribution in [0.4, 0.5) is 0 Å². The Morgan fingerprint density at radius 3 is 2.81 bits per heavy atom. The number of carbonyl (C=O) groups is 2. The van der Waals surface area contributed by atoms with Gasteiger partial charge in [-0.05, 0) is 25.7 Å². The van der Waals surface area contributed by atoms with Gasteiger partial charge in [0.2, 0.25) is 5.91 Å². The molecular formula is C14H21N3O4. The average Bonchev–Trinajstić information content (AvgIpc) is 3.31. The number of rotatable bonds is 5. The van der Waals surface area contributed by atoms with Crippen molar-refractivity contribution in [3.8, 4) is 6.07 Å². The molecule has 1 saturated heterocycles. The van der Waals surface area contributed by atoms with Gasteiger partial charge in [0.1, 0.15) is 11.6 Å². The molecule has 2 atom stereocenters. The zero-order valence-corrected chi connectivity index (χ0v) is 12.4. The van der Waals surface area contributed by atoms with E-state index in [1.54, 1.807) is 11.8 Å². The summed E-state index contributed by atoms with van der Waals surface area (Å²) in [6.07, 6.45) is 1.93. The third-order valence-corrected chi connectivity index (χ3v) is 4.08. The van der Waals surface area contributed by atoms with Crippen molar-refractivity contribution in [3.05, 3.63) is 0 Å². The molecule has 2 aliphatic rings. The first-order valence-electron chi connectivity index (χ1n) is 7.12. The zero-order chi connectivity index (χ0) is 15.5. The minimum absolute atomic E-state index is 0.0626. The number of nitriles is 1. The van der Waals surface area contributed by atoms with Crippen LogP contribution in [0.1, 0.15) is 19.8 Å². The number of morpholine rings is 1. The normalized spacial score (nSPS) is 25.5. The van der Waals surface area contributed by atoms with Crippen LogP contribution >= 0.6 is 0 Å². The predicted molar refractivity (Wildman–Crippen MR) is 73.1 cm³/mol. The van der Waals surface area contributed by atoms with Gasteiger partial charge in [0.25, 0.3) is 0 Å². The Labute approximate surface area is 124 Å². The van der Waals surface area contributed by atoms with E-state index in [2.05, 4.69) is 11.4 Å². The molecule has 0 bridgehead atoms. The fourth-order valence-corrected chi connectivity index (χ4v) is 2.58. The molecule has 1 heterocycles. The lowest BCUT2D eigenvalue weighted by Crippen LogP contribution is -2.56. The Morgan fingerprint density at radius 2 is 2.24 bits per heavy atom. The first-order chi connectivity index (χ1) is 10.00. The number of carbonyl (C=O) groups excluding carboxylic acids is 2. The maximum Gasteiger partial charge on any atom is 0.325 e. The molecule has 0 radical (unpaired) electrons. The highest BCUT2D eigenvalue weighted by atomic mass is 16.5. The second kappa shape index (κ2) is 6.41. The highest BCUT2D eigenvalue weighted by Crippen LogP contribution is 2.39. The average molecular weight is 295 g/mol. The molecule has 1 saturated carbocycles. The van der Waals surface area contributed by atoms with E-state index in [0.29, 0.717) is 13.2 Å². The lowest BCUT2D eigenvalue weighted by atomic mass is 9.98. The molecule has 116 valence electrons. The van der Waals surface area contributed by atoms with Crippen molar-refractivity contribution in [3.63, 3.8) is 0 Å². The predicted octanol–water partition coefficient (Wildman–Crippen LogP) is -0.331. The Hall–Kier alpha value is -1.65. The van der Waals surface area contributed by atoms with Crippen molar-refractivity contribution >= 4 is 11.9 Å². The maximum absolute atomic E-state index is 12.2. The smallest absolute Gasteiger partial charge is 0.325 e. The number of ether oxygens (including phenoxy) is 2. The molecule has 2 unspecified atom stereocenters. The SMILES string of the molecule is COC(=O)C1COCCN1CC(=O)NC(C)(C#N)C1CC1. The molecule has 7 nitrogen and oxygen atoms in total. The van der Waals surface area contributed by atoms with Crippen LogP contribution in [0.15, 0.2) is 0 Å². The van der Waals surface area contributed by atoms with Gasteiger partial charge in [-0.1, -0.05) is 0 Å². The van der Waals surface area contributed by atoms with E-state index in [4.69, 9.17) is 9.47 Å². The van der Waals surface area contributed by atoms with E-state index in [9.17, 15) is 14.9 Å². The first-order valence-corrected chi connectivity index (χ1v) is 7.12. The number of nitrogens with one attached hydrogen (secondary N) is 1. The zero-order valence-electron chi connectivity index (χ0n) is 12.4. The molecular weight excluding hydrogens is 274 g/mol. The first kappa shape index (κ1) is 15.7. The van der Waals surface area contributed by atoms with Crippen LogP contribution in [-0.2, 0) is 19.1 Å². The molecule has 0 aromatic carbocycles. The number of nitrogens with zero attached hydrogens (tertiary/aromatic N) is 2. The molecule has 0 aromatic rings. The monoisotopic (exact) mass is 295 g/mol. The van der Waals surface area contributed by atoms with Crippen LogP contribution in [-0.4, -0.2) is 61.8 Å². The number of hydrogen-bond donors (Lipinski definition) is 1. The van der Waals surface area contributed by atoms with E-state index in [1.807, 2.05) is 0 Å². The lowest BCUT2D eigenvalue weighted by Gasteiger charge is -2.33.